The van der Waals surface area contributed by atoms with E-state index in [0.29, 0.717) is 6.42 Å². The molecular weight excluding hydrogens is 128 g/mol. The first-order chi connectivity index (χ1) is 4.57. The Balaban J connectivity index is 3.62. The van der Waals surface area contributed by atoms with Gasteiger partial charge in [0.1, 0.15) is 5.78 Å². The van der Waals surface area contributed by atoms with Gasteiger partial charge in [0.05, 0.1) is 6.10 Å². The van der Waals surface area contributed by atoms with Crippen LogP contribution in [0.1, 0.15) is 33.6 Å². The molecule has 0 aromatic carbocycles. The van der Waals surface area contributed by atoms with Gasteiger partial charge in [0.2, 0.25) is 0 Å². The van der Waals surface area contributed by atoms with Crippen LogP contribution in [-0.2, 0) is 4.79 Å². The van der Waals surface area contributed by atoms with E-state index >= 15 is 0 Å². The van der Waals surface area contributed by atoms with Crippen LogP contribution in [0.15, 0.2) is 0 Å². The maximum absolute atomic E-state index is 11.0. The second-order valence-corrected chi connectivity index (χ2v) is 2.83. The molecule has 0 heterocycles. The standard InChI is InChI=1S/C8H16O2/c1-4-6(2)8(10)5-7(3)9/h6-7,9H,4-5H2,1-3H3/t6-,7-/m0/s1. The van der Waals surface area contributed by atoms with Gasteiger partial charge in [-0.3, -0.25) is 4.79 Å². The maximum atomic E-state index is 11.0. The summed E-state index contributed by atoms with van der Waals surface area (Å²) >= 11 is 0. The molecule has 60 valence electrons. The van der Waals surface area contributed by atoms with Gasteiger partial charge in [-0.2, -0.15) is 0 Å². The van der Waals surface area contributed by atoms with E-state index in [2.05, 4.69) is 0 Å². The molecule has 0 aliphatic carbocycles. The highest BCUT2D eigenvalue weighted by atomic mass is 16.3. The number of aliphatic hydroxyl groups excluding tert-OH is 1. The zero-order valence-electron chi connectivity index (χ0n) is 6.92. The Kier molecular flexibility index (Phi) is 4.28. The largest absolute Gasteiger partial charge is 0.393 e. The zero-order valence-corrected chi connectivity index (χ0v) is 6.92. The quantitative estimate of drug-likeness (QED) is 0.647. The summed E-state index contributed by atoms with van der Waals surface area (Å²) in [5.74, 6) is 0.270. The topological polar surface area (TPSA) is 37.3 Å². The van der Waals surface area contributed by atoms with Gasteiger partial charge in [0.15, 0.2) is 0 Å². The molecule has 0 fully saturated rings. The van der Waals surface area contributed by atoms with Crippen LogP contribution in [-0.4, -0.2) is 17.0 Å². The Morgan fingerprint density at radius 2 is 2.00 bits per heavy atom. The van der Waals surface area contributed by atoms with E-state index in [4.69, 9.17) is 5.11 Å². The van der Waals surface area contributed by atoms with Crippen molar-refractivity contribution in [3.05, 3.63) is 0 Å². The predicted molar refractivity (Wildman–Crippen MR) is 40.8 cm³/mol. The Hall–Kier alpha value is -0.370. The van der Waals surface area contributed by atoms with Crippen LogP contribution in [0, 0.1) is 5.92 Å². The van der Waals surface area contributed by atoms with Crippen LogP contribution in [0.25, 0.3) is 0 Å². The third kappa shape index (κ3) is 3.62. The number of carbonyl (C=O) groups is 1. The van der Waals surface area contributed by atoms with E-state index in [1.54, 1.807) is 6.92 Å². The van der Waals surface area contributed by atoms with Gasteiger partial charge in [-0.25, -0.2) is 0 Å². The molecule has 0 aliphatic rings. The lowest BCUT2D eigenvalue weighted by Gasteiger charge is -2.07. The maximum Gasteiger partial charge on any atom is 0.138 e. The summed E-state index contributed by atoms with van der Waals surface area (Å²) in [5, 5.41) is 8.85. The van der Waals surface area contributed by atoms with E-state index in [9.17, 15) is 4.79 Å². The van der Waals surface area contributed by atoms with E-state index in [-0.39, 0.29) is 11.7 Å². The minimum atomic E-state index is -0.485. The minimum absolute atomic E-state index is 0.106. The molecule has 0 rings (SSSR count). The molecule has 0 unspecified atom stereocenters. The third-order valence-electron chi connectivity index (χ3n) is 1.66. The smallest absolute Gasteiger partial charge is 0.138 e. The van der Waals surface area contributed by atoms with E-state index in [1.165, 1.54) is 0 Å². The van der Waals surface area contributed by atoms with Crippen molar-refractivity contribution in [2.75, 3.05) is 0 Å². The molecule has 0 aliphatic heterocycles. The van der Waals surface area contributed by atoms with Gasteiger partial charge in [-0.05, 0) is 13.3 Å². The molecular formula is C8H16O2. The van der Waals surface area contributed by atoms with Crippen LogP contribution in [0.3, 0.4) is 0 Å². The summed E-state index contributed by atoms with van der Waals surface area (Å²) in [4.78, 5) is 11.0. The Morgan fingerprint density at radius 1 is 1.50 bits per heavy atom. The van der Waals surface area contributed by atoms with Crippen molar-refractivity contribution in [3.8, 4) is 0 Å². The summed E-state index contributed by atoms with van der Waals surface area (Å²) in [7, 11) is 0. The predicted octanol–water partition coefficient (Wildman–Crippen LogP) is 1.37. The highest BCUT2D eigenvalue weighted by Crippen LogP contribution is 2.06. The van der Waals surface area contributed by atoms with Gasteiger partial charge < -0.3 is 5.11 Å². The molecule has 0 saturated heterocycles. The van der Waals surface area contributed by atoms with Gasteiger partial charge in [-0.1, -0.05) is 13.8 Å². The van der Waals surface area contributed by atoms with Crippen LogP contribution in [0.4, 0.5) is 0 Å². The lowest BCUT2D eigenvalue weighted by atomic mass is 9.99. The van der Waals surface area contributed by atoms with Gasteiger partial charge in [0, 0.05) is 12.3 Å². The summed E-state index contributed by atoms with van der Waals surface area (Å²) < 4.78 is 0. The normalized spacial score (nSPS) is 16.4. The fraction of sp³-hybridized carbons (Fsp3) is 0.875. The summed E-state index contributed by atoms with van der Waals surface area (Å²) in [6, 6.07) is 0. The number of carbonyl (C=O) groups excluding carboxylic acids is 1. The highest BCUT2D eigenvalue weighted by Gasteiger charge is 2.12. The van der Waals surface area contributed by atoms with Crippen molar-refractivity contribution >= 4 is 5.78 Å². The van der Waals surface area contributed by atoms with Crippen molar-refractivity contribution in [2.45, 2.75) is 39.7 Å². The molecule has 0 amide bonds. The molecule has 10 heavy (non-hydrogen) atoms. The molecule has 2 nitrogen and oxygen atoms in total. The lowest BCUT2D eigenvalue weighted by Crippen LogP contribution is -2.15. The molecule has 0 bridgehead atoms. The average molecular weight is 144 g/mol. The number of Topliss-reactive ketones (excluding diaryl/α,β-unsaturated/α-hetero) is 1. The lowest BCUT2D eigenvalue weighted by molar-refractivity contribution is -0.124. The molecule has 0 aromatic heterocycles. The first-order valence-electron chi connectivity index (χ1n) is 3.78. The molecule has 1 N–H and O–H groups in total. The van der Waals surface area contributed by atoms with Gasteiger partial charge >= 0.3 is 0 Å². The first-order valence-corrected chi connectivity index (χ1v) is 3.78. The van der Waals surface area contributed by atoms with Crippen LogP contribution >= 0.6 is 0 Å². The average Bonchev–Trinajstić information content (AvgIpc) is 1.85. The summed E-state index contributed by atoms with van der Waals surface area (Å²) in [6.45, 7) is 5.51. The fourth-order valence-corrected chi connectivity index (χ4v) is 0.720. The van der Waals surface area contributed by atoms with Crippen LogP contribution in [0.2, 0.25) is 0 Å². The van der Waals surface area contributed by atoms with Crippen LogP contribution < -0.4 is 0 Å². The Labute approximate surface area is 62.2 Å². The number of ketones is 1. The van der Waals surface area contributed by atoms with Crippen molar-refractivity contribution < 1.29 is 9.90 Å². The van der Waals surface area contributed by atoms with E-state index in [1.807, 2.05) is 13.8 Å². The number of hydrogen-bond acceptors (Lipinski definition) is 2. The minimum Gasteiger partial charge on any atom is -0.393 e. The van der Waals surface area contributed by atoms with Gasteiger partial charge in [0.25, 0.3) is 0 Å². The van der Waals surface area contributed by atoms with Crippen molar-refractivity contribution in [1.82, 2.24) is 0 Å². The van der Waals surface area contributed by atoms with Crippen molar-refractivity contribution in [3.63, 3.8) is 0 Å². The summed E-state index contributed by atoms with van der Waals surface area (Å²) in [5.41, 5.74) is 0. The van der Waals surface area contributed by atoms with Crippen molar-refractivity contribution in [1.29, 1.82) is 0 Å². The Morgan fingerprint density at radius 3 is 2.30 bits per heavy atom. The number of aliphatic hydroxyl groups is 1. The number of hydrogen-bond donors (Lipinski definition) is 1. The molecule has 2 atom stereocenters. The monoisotopic (exact) mass is 144 g/mol. The van der Waals surface area contributed by atoms with E-state index in [0.717, 1.165) is 6.42 Å². The third-order valence-corrected chi connectivity index (χ3v) is 1.66. The highest BCUT2D eigenvalue weighted by molar-refractivity contribution is 5.80. The second kappa shape index (κ2) is 4.45. The Bertz CT molecular complexity index is 108. The molecule has 0 saturated carbocycles. The zero-order chi connectivity index (χ0) is 8.15. The number of rotatable bonds is 4. The fourth-order valence-electron chi connectivity index (χ4n) is 0.720. The van der Waals surface area contributed by atoms with Crippen LogP contribution in [0.5, 0.6) is 0 Å². The van der Waals surface area contributed by atoms with Crippen molar-refractivity contribution in [2.24, 2.45) is 5.92 Å². The van der Waals surface area contributed by atoms with Gasteiger partial charge in [-0.15, -0.1) is 0 Å². The van der Waals surface area contributed by atoms with E-state index < -0.39 is 6.10 Å². The molecule has 0 radical (unpaired) electrons. The second-order valence-electron chi connectivity index (χ2n) is 2.83. The molecule has 2 heteroatoms. The molecule has 0 aromatic rings. The molecule has 0 spiro atoms. The first kappa shape index (κ1) is 9.63. The summed E-state index contributed by atoms with van der Waals surface area (Å²) in [6.07, 6.45) is 0.682. The SMILES string of the molecule is CC[C@H](C)C(=O)C[C@H](C)O.